The van der Waals surface area contributed by atoms with Crippen molar-refractivity contribution in [2.45, 2.75) is 25.7 Å². The standard InChI is InChI=1S/C15H20N2O3/c18-14(19)13-3-1-2-12(10-13)7-9-17-15(20)16-8-6-11-4-5-11/h1-3,10-11H,4-9H2,(H,18,19)(H2,16,17,20). The molecular formula is C15H20N2O3. The van der Waals surface area contributed by atoms with Crippen LogP contribution in [0.2, 0.25) is 0 Å². The van der Waals surface area contributed by atoms with Gasteiger partial charge in [-0.25, -0.2) is 9.59 Å². The molecule has 0 atom stereocenters. The first-order chi connectivity index (χ1) is 9.65. The molecule has 1 fully saturated rings. The number of carboxylic acid groups (broad SMARTS) is 1. The second-order valence-corrected chi connectivity index (χ2v) is 5.17. The quantitative estimate of drug-likeness (QED) is 0.713. The average molecular weight is 276 g/mol. The van der Waals surface area contributed by atoms with E-state index in [0.29, 0.717) is 13.0 Å². The fraction of sp³-hybridized carbons (Fsp3) is 0.467. The summed E-state index contributed by atoms with van der Waals surface area (Å²) in [6.45, 7) is 1.23. The lowest BCUT2D eigenvalue weighted by Gasteiger charge is -2.07. The highest BCUT2D eigenvalue weighted by molar-refractivity contribution is 5.87. The predicted molar refractivity (Wildman–Crippen MR) is 75.8 cm³/mol. The summed E-state index contributed by atoms with van der Waals surface area (Å²) in [6, 6.07) is 6.62. The molecule has 1 aliphatic carbocycles. The molecule has 2 rings (SSSR count). The third kappa shape index (κ3) is 4.91. The van der Waals surface area contributed by atoms with Gasteiger partial charge in [0.1, 0.15) is 0 Å². The van der Waals surface area contributed by atoms with Gasteiger partial charge in [0.05, 0.1) is 5.56 Å². The maximum atomic E-state index is 11.5. The van der Waals surface area contributed by atoms with Gasteiger partial charge in [-0.1, -0.05) is 25.0 Å². The smallest absolute Gasteiger partial charge is 0.335 e. The molecule has 5 heteroatoms. The van der Waals surface area contributed by atoms with Gasteiger partial charge < -0.3 is 15.7 Å². The van der Waals surface area contributed by atoms with Crippen LogP contribution in [0.5, 0.6) is 0 Å². The van der Waals surface area contributed by atoms with Gasteiger partial charge in [-0.3, -0.25) is 0 Å². The molecule has 2 amide bonds. The molecule has 0 aromatic heterocycles. The minimum atomic E-state index is -0.933. The van der Waals surface area contributed by atoms with E-state index in [-0.39, 0.29) is 11.6 Å². The van der Waals surface area contributed by atoms with Gasteiger partial charge in [0.2, 0.25) is 0 Å². The summed E-state index contributed by atoms with van der Waals surface area (Å²) in [5.41, 5.74) is 1.18. The summed E-state index contributed by atoms with van der Waals surface area (Å²) < 4.78 is 0. The van der Waals surface area contributed by atoms with Crippen LogP contribution in [0.1, 0.15) is 35.2 Å². The summed E-state index contributed by atoms with van der Waals surface area (Å²) in [5, 5.41) is 14.5. The maximum Gasteiger partial charge on any atom is 0.335 e. The van der Waals surface area contributed by atoms with Crippen LogP contribution in [0.15, 0.2) is 24.3 Å². The first kappa shape index (κ1) is 14.4. The Bertz CT molecular complexity index is 484. The van der Waals surface area contributed by atoms with E-state index >= 15 is 0 Å². The van der Waals surface area contributed by atoms with E-state index in [0.717, 1.165) is 24.4 Å². The predicted octanol–water partition coefficient (Wildman–Crippen LogP) is 2.03. The largest absolute Gasteiger partial charge is 0.478 e. The van der Waals surface area contributed by atoms with Gasteiger partial charge in [0.15, 0.2) is 0 Å². The zero-order valence-corrected chi connectivity index (χ0v) is 11.4. The number of amides is 2. The molecule has 1 aromatic rings. The Morgan fingerprint density at radius 2 is 1.95 bits per heavy atom. The number of hydrogen-bond acceptors (Lipinski definition) is 2. The van der Waals surface area contributed by atoms with Crippen molar-refractivity contribution >= 4 is 12.0 Å². The van der Waals surface area contributed by atoms with Crippen molar-refractivity contribution < 1.29 is 14.7 Å². The summed E-state index contributed by atoms with van der Waals surface area (Å²) in [5.74, 6) is -0.119. The maximum absolute atomic E-state index is 11.5. The Morgan fingerprint density at radius 3 is 2.65 bits per heavy atom. The van der Waals surface area contributed by atoms with E-state index < -0.39 is 5.97 Å². The van der Waals surface area contributed by atoms with Crippen LogP contribution < -0.4 is 10.6 Å². The molecule has 5 nitrogen and oxygen atoms in total. The van der Waals surface area contributed by atoms with Crippen molar-refractivity contribution in [1.82, 2.24) is 10.6 Å². The molecule has 20 heavy (non-hydrogen) atoms. The molecule has 0 radical (unpaired) electrons. The minimum Gasteiger partial charge on any atom is -0.478 e. The molecular weight excluding hydrogens is 256 g/mol. The number of carboxylic acids is 1. The number of rotatable bonds is 7. The lowest BCUT2D eigenvalue weighted by atomic mass is 10.1. The summed E-state index contributed by atoms with van der Waals surface area (Å²) in [7, 11) is 0. The lowest BCUT2D eigenvalue weighted by molar-refractivity contribution is 0.0696. The molecule has 0 unspecified atom stereocenters. The zero-order valence-electron chi connectivity index (χ0n) is 11.4. The molecule has 3 N–H and O–H groups in total. The minimum absolute atomic E-state index is 0.153. The highest BCUT2D eigenvalue weighted by Crippen LogP contribution is 2.31. The van der Waals surface area contributed by atoms with Crippen LogP contribution in [0.4, 0.5) is 4.79 Å². The number of nitrogens with one attached hydrogen (secondary N) is 2. The Kier molecular flexibility index (Phi) is 4.98. The molecule has 0 saturated heterocycles. The third-order valence-corrected chi connectivity index (χ3v) is 3.41. The Hall–Kier alpha value is -2.04. The van der Waals surface area contributed by atoms with Crippen molar-refractivity contribution in [1.29, 1.82) is 0 Å². The van der Waals surface area contributed by atoms with E-state index in [2.05, 4.69) is 10.6 Å². The number of aromatic carboxylic acids is 1. The van der Waals surface area contributed by atoms with Crippen molar-refractivity contribution in [3.63, 3.8) is 0 Å². The number of benzene rings is 1. The van der Waals surface area contributed by atoms with Crippen LogP contribution in [0.25, 0.3) is 0 Å². The topological polar surface area (TPSA) is 78.4 Å². The van der Waals surface area contributed by atoms with Gasteiger partial charge >= 0.3 is 12.0 Å². The fourth-order valence-corrected chi connectivity index (χ4v) is 2.04. The van der Waals surface area contributed by atoms with E-state index in [1.165, 1.54) is 12.8 Å². The second-order valence-electron chi connectivity index (χ2n) is 5.17. The van der Waals surface area contributed by atoms with Crippen LogP contribution in [-0.4, -0.2) is 30.2 Å². The van der Waals surface area contributed by atoms with E-state index in [4.69, 9.17) is 5.11 Å². The van der Waals surface area contributed by atoms with Gasteiger partial charge in [-0.15, -0.1) is 0 Å². The lowest BCUT2D eigenvalue weighted by Crippen LogP contribution is -2.37. The molecule has 0 spiro atoms. The van der Waals surface area contributed by atoms with Gasteiger partial charge in [0.25, 0.3) is 0 Å². The monoisotopic (exact) mass is 276 g/mol. The molecule has 1 aliphatic rings. The molecule has 1 aromatic carbocycles. The Labute approximate surface area is 118 Å². The van der Waals surface area contributed by atoms with E-state index in [1.54, 1.807) is 18.2 Å². The average Bonchev–Trinajstić information content (AvgIpc) is 3.23. The number of carbonyl (C=O) groups excluding carboxylic acids is 1. The number of carbonyl (C=O) groups is 2. The van der Waals surface area contributed by atoms with E-state index in [1.807, 2.05) is 6.07 Å². The number of hydrogen-bond donors (Lipinski definition) is 3. The molecule has 0 heterocycles. The van der Waals surface area contributed by atoms with Gasteiger partial charge in [0, 0.05) is 13.1 Å². The number of urea groups is 1. The fourth-order valence-electron chi connectivity index (χ4n) is 2.04. The third-order valence-electron chi connectivity index (χ3n) is 3.41. The van der Waals surface area contributed by atoms with Crippen molar-refractivity contribution in [2.75, 3.05) is 13.1 Å². The normalized spacial score (nSPS) is 13.8. The Morgan fingerprint density at radius 1 is 1.20 bits per heavy atom. The van der Waals surface area contributed by atoms with E-state index in [9.17, 15) is 9.59 Å². The first-order valence-corrected chi connectivity index (χ1v) is 6.99. The first-order valence-electron chi connectivity index (χ1n) is 6.99. The molecule has 108 valence electrons. The molecule has 1 saturated carbocycles. The SMILES string of the molecule is O=C(NCCc1cccc(C(=O)O)c1)NCCC1CC1. The van der Waals surface area contributed by atoms with Gasteiger partial charge in [-0.05, 0) is 36.5 Å². The van der Waals surface area contributed by atoms with Crippen molar-refractivity contribution in [3.8, 4) is 0 Å². The highest BCUT2D eigenvalue weighted by atomic mass is 16.4. The van der Waals surface area contributed by atoms with Gasteiger partial charge in [-0.2, -0.15) is 0 Å². The second kappa shape index (κ2) is 6.93. The zero-order chi connectivity index (χ0) is 14.4. The molecule has 0 bridgehead atoms. The summed E-state index contributed by atoms with van der Waals surface area (Å²) >= 11 is 0. The van der Waals surface area contributed by atoms with Crippen LogP contribution in [0, 0.1) is 5.92 Å². The summed E-state index contributed by atoms with van der Waals surface area (Å²) in [6.07, 6.45) is 4.28. The van der Waals surface area contributed by atoms with Crippen LogP contribution in [-0.2, 0) is 6.42 Å². The summed E-state index contributed by atoms with van der Waals surface area (Å²) in [4.78, 5) is 22.3. The Balaban J connectivity index is 1.65. The van der Waals surface area contributed by atoms with Crippen LogP contribution >= 0.6 is 0 Å². The van der Waals surface area contributed by atoms with Crippen molar-refractivity contribution in [2.24, 2.45) is 5.92 Å². The van der Waals surface area contributed by atoms with Crippen LogP contribution in [0.3, 0.4) is 0 Å². The molecule has 0 aliphatic heterocycles. The van der Waals surface area contributed by atoms with Crippen molar-refractivity contribution in [3.05, 3.63) is 35.4 Å². The highest BCUT2D eigenvalue weighted by Gasteiger charge is 2.20.